The van der Waals surface area contributed by atoms with Crippen LogP contribution in [0.4, 0.5) is 24.9 Å². The molecule has 1 unspecified atom stereocenters. The van der Waals surface area contributed by atoms with E-state index in [0.29, 0.717) is 32.0 Å². The van der Waals surface area contributed by atoms with E-state index in [1.54, 1.807) is 16.2 Å². The van der Waals surface area contributed by atoms with Crippen LogP contribution < -0.4 is 10.2 Å². The summed E-state index contributed by atoms with van der Waals surface area (Å²) >= 11 is 1.55. The Bertz CT molecular complexity index is 1580. The van der Waals surface area contributed by atoms with Gasteiger partial charge in [0.1, 0.15) is 0 Å². The summed E-state index contributed by atoms with van der Waals surface area (Å²) in [5.41, 5.74) is 1.86. The molecule has 1 fully saturated rings. The Morgan fingerprint density at radius 1 is 1.10 bits per heavy atom. The summed E-state index contributed by atoms with van der Waals surface area (Å²) in [6.07, 6.45) is -4.67. The van der Waals surface area contributed by atoms with E-state index < -0.39 is 17.9 Å². The smallest absolute Gasteiger partial charge is 0.402 e. The number of aryl methyl sites for hydroxylation is 1. The Morgan fingerprint density at radius 3 is 2.62 bits per heavy atom. The molecule has 0 radical (unpaired) electrons. The van der Waals surface area contributed by atoms with Crippen LogP contribution in [0.1, 0.15) is 26.4 Å². The highest BCUT2D eigenvalue weighted by atomic mass is 32.1. The second-order valence-corrected chi connectivity index (χ2v) is 10.7. The highest BCUT2D eigenvalue weighted by Gasteiger charge is 2.34. The summed E-state index contributed by atoms with van der Waals surface area (Å²) in [7, 11) is 0. The number of alkyl halides is 3. The van der Waals surface area contributed by atoms with Crippen LogP contribution in [0.5, 0.6) is 0 Å². The van der Waals surface area contributed by atoms with Gasteiger partial charge in [-0.15, -0.1) is 16.4 Å². The molecule has 2 aliphatic rings. The number of hydrogen-bond acceptors (Lipinski definition) is 10. The summed E-state index contributed by atoms with van der Waals surface area (Å²) < 4.78 is 51.5. The van der Waals surface area contributed by atoms with Gasteiger partial charge in [-0.1, -0.05) is 35.4 Å². The van der Waals surface area contributed by atoms with Crippen molar-refractivity contribution in [2.75, 3.05) is 36.5 Å². The summed E-state index contributed by atoms with van der Waals surface area (Å²) in [4.78, 5) is 25.8. The maximum Gasteiger partial charge on any atom is 0.417 e. The van der Waals surface area contributed by atoms with Gasteiger partial charge in [-0.05, 0) is 19.1 Å². The Hall–Kier alpha value is -4.10. The standard InChI is InChI=1S/C27H23F3N6O3S/c1-15-11-18-21(40-15)13-20(37)24(32-22(18)16-5-3-2-4-6-16)33-26-35-34-25(39-26)23-19(36-7-9-38-10-8-36)12-17(14-31-23)27(28,29)30/h2-6,11-12,14,24H,7-10,13H2,1H3,(H,33,35). The van der Waals surface area contributed by atoms with Gasteiger partial charge in [0.2, 0.25) is 0 Å². The lowest BCUT2D eigenvalue weighted by Crippen LogP contribution is -2.36. The van der Waals surface area contributed by atoms with E-state index >= 15 is 0 Å². The van der Waals surface area contributed by atoms with Crippen molar-refractivity contribution >= 4 is 34.5 Å². The molecule has 1 atom stereocenters. The summed E-state index contributed by atoms with van der Waals surface area (Å²) in [5, 5.41) is 11.0. The molecule has 3 aromatic heterocycles. The Labute approximate surface area is 230 Å². The van der Waals surface area contributed by atoms with Crippen LogP contribution >= 0.6 is 11.3 Å². The lowest BCUT2D eigenvalue weighted by Gasteiger charge is -2.30. The zero-order valence-electron chi connectivity index (χ0n) is 21.2. The molecule has 0 saturated carbocycles. The molecule has 9 nitrogen and oxygen atoms in total. The SMILES string of the molecule is Cc1cc2c(s1)CC(=O)C(Nc1nnc(-c3ncc(C(F)(F)F)cc3N3CCOCC3)o1)N=C2c1ccccc1. The monoisotopic (exact) mass is 568 g/mol. The second-order valence-electron chi connectivity index (χ2n) is 9.33. The van der Waals surface area contributed by atoms with Crippen molar-refractivity contribution in [2.24, 2.45) is 4.99 Å². The number of thiophene rings is 1. The van der Waals surface area contributed by atoms with Crippen molar-refractivity contribution < 1.29 is 27.1 Å². The average molecular weight is 569 g/mol. The van der Waals surface area contributed by atoms with Crippen molar-refractivity contribution in [1.82, 2.24) is 15.2 Å². The molecule has 1 saturated heterocycles. The number of anilines is 2. The van der Waals surface area contributed by atoms with Crippen LogP contribution in [-0.2, 0) is 22.1 Å². The zero-order valence-corrected chi connectivity index (χ0v) is 22.1. The topological polar surface area (TPSA) is 106 Å². The number of aromatic nitrogens is 3. The van der Waals surface area contributed by atoms with Gasteiger partial charge < -0.3 is 19.4 Å². The fraction of sp³-hybridized carbons (Fsp3) is 0.296. The predicted molar refractivity (Wildman–Crippen MR) is 143 cm³/mol. The van der Waals surface area contributed by atoms with Gasteiger partial charge in [-0.3, -0.25) is 9.79 Å². The largest absolute Gasteiger partial charge is 0.417 e. The third-order valence-corrected chi connectivity index (χ3v) is 7.62. The number of Topliss-reactive ketones (excluding diaryl/α,β-unsaturated/α-hetero) is 1. The molecule has 40 heavy (non-hydrogen) atoms. The molecule has 0 amide bonds. The first kappa shape index (κ1) is 26.1. The number of morpholine rings is 1. The number of rotatable bonds is 5. The highest BCUT2D eigenvalue weighted by molar-refractivity contribution is 7.12. The van der Waals surface area contributed by atoms with Gasteiger partial charge in [0.25, 0.3) is 5.89 Å². The van der Waals surface area contributed by atoms with Crippen LogP contribution in [-0.4, -0.2) is 59.1 Å². The lowest BCUT2D eigenvalue weighted by atomic mass is 10.0. The normalized spacial score (nSPS) is 17.8. The number of carbonyl (C=O) groups is 1. The molecule has 0 bridgehead atoms. The molecular formula is C27H23F3N6O3S. The fourth-order valence-corrected chi connectivity index (χ4v) is 5.72. The number of ether oxygens (including phenoxy) is 1. The predicted octanol–water partition coefficient (Wildman–Crippen LogP) is 4.76. The van der Waals surface area contributed by atoms with E-state index in [1.807, 2.05) is 43.3 Å². The number of pyridine rings is 1. The molecule has 0 spiro atoms. The average Bonchev–Trinajstić information content (AvgIpc) is 3.54. The number of ketones is 1. The number of fused-ring (bicyclic) bond motifs is 1. The van der Waals surface area contributed by atoms with Gasteiger partial charge in [0, 0.05) is 46.6 Å². The lowest BCUT2D eigenvalue weighted by molar-refractivity contribution is -0.137. The quantitative estimate of drug-likeness (QED) is 0.368. The van der Waals surface area contributed by atoms with Crippen LogP contribution in [0.3, 0.4) is 0 Å². The molecule has 4 aromatic rings. The Kier molecular flexibility index (Phi) is 6.84. The van der Waals surface area contributed by atoms with Gasteiger partial charge in [0.15, 0.2) is 17.6 Å². The number of nitrogens with zero attached hydrogens (tertiary/aromatic N) is 5. The van der Waals surface area contributed by atoms with Crippen molar-refractivity contribution in [2.45, 2.75) is 25.7 Å². The maximum absolute atomic E-state index is 13.5. The molecule has 13 heteroatoms. The molecule has 2 aliphatic heterocycles. The number of hydrogen-bond donors (Lipinski definition) is 1. The first-order chi connectivity index (χ1) is 19.3. The minimum Gasteiger partial charge on any atom is -0.402 e. The molecule has 1 N–H and O–H groups in total. The molecule has 206 valence electrons. The third-order valence-electron chi connectivity index (χ3n) is 6.57. The van der Waals surface area contributed by atoms with E-state index in [1.165, 1.54) is 0 Å². The van der Waals surface area contributed by atoms with Crippen molar-refractivity contribution in [1.29, 1.82) is 0 Å². The van der Waals surface area contributed by atoms with E-state index in [9.17, 15) is 18.0 Å². The van der Waals surface area contributed by atoms with Crippen LogP contribution in [0, 0.1) is 6.92 Å². The summed E-state index contributed by atoms with van der Waals surface area (Å²) in [6.45, 7) is 3.48. The van der Waals surface area contributed by atoms with Crippen molar-refractivity contribution in [3.63, 3.8) is 0 Å². The van der Waals surface area contributed by atoms with E-state index in [0.717, 1.165) is 33.1 Å². The molecular weight excluding hydrogens is 545 g/mol. The number of benzene rings is 1. The van der Waals surface area contributed by atoms with E-state index in [2.05, 4.69) is 20.5 Å². The number of halogens is 3. The van der Waals surface area contributed by atoms with Crippen molar-refractivity contribution in [3.8, 4) is 11.6 Å². The minimum absolute atomic E-state index is 0.0826. The Balaban J connectivity index is 1.33. The van der Waals surface area contributed by atoms with Crippen molar-refractivity contribution in [3.05, 3.63) is 75.1 Å². The fourth-order valence-electron chi connectivity index (χ4n) is 4.67. The van der Waals surface area contributed by atoms with Crippen LogP contribution in [0.25, 0.3) is 11.6 Å². The van der Waals surface area contributed by atoms with Crippen LogP contribution in [0.2, 0.25) is 0 Å². The molecule has 1 aromatic carbocycles. The van der Waals surface area contributed by atoms with Gasteiger partial charge in [0.05, 0.1) is 30.2 Å². The van der Waals surface area contributed by atoms with E-state index in [4.69, 9.17) is 14.1 Å². The number of nitrogens with one attached hydrogen (secondary N) is 1. The van der Waals surface area contributed by atoms with Gasteiger partial charge >= 0.3 is 12.2 Å². The number of aliphatic imine (C=N–C) groups is 1. The summed E-state index contributed by atoms with van der Waals surface area (Å²) in [6, 6.07) is 12.5. The maximum atomic E-state index is 13.5. The zero-order chi connectivity index (χ0) is 27.9. The van der Waals surface area contributed by atoms with Gasteiger partial charge in [-0.2, -0.15) is 13.2 Å². The van der Waals surface area contributed by atoms with Crippen LogP contribution in [0.15, 0.2) is 58.1 Å². The summed E-state index contributed by atoms with van der Waals surface area (Å²) in [5.74, 6) is -0.267. The minimum atomic E-state index is -4.57. The second kappa shape index (κ2) is 10.5. The molecule has 0 aliphatic carbocycles. The first-order valence-electron chi connectivity index (χ1n) is 12.5. The van der Waals surface area contributed by atoms with E-state index in [-0.39, 0.29) is 35.5 Å². The van der Waals surface area contributed by atoms with Gasteiger partial charge in [-0.25, -0.2) is 4.98 Å². The first-order valence-corrected chi connectivity index (χ1v) is 13.3. The number of carbonyl (C=O) groups excluding carboxylic acids is 1. The molecule has 6 rings (SSSR count). The highest BCUT2D eigenvalue weighted by Crippen LogP contribution is 2.36. The Morgan fingerprint density at radius 2 is 1.88 bits per heavy atom. The third kappa shape index (κ3) is 5.21. The molecule has 5 heterocycles.